The summed E-state index contributed by atoms with van der Waals surface area (Å²) in [7, 11) is 0. The van der Waals surface area contributed by atoms with E-state index in [1.165, 1.54) is 0 Å². The first-order chi connectivity index (χ1) is 7.23. The van der Waals surface area contributed by atoms with Gasteiger partial charge >= 0.3 is 6.18 Å². The van der Waals surface area contributed by atoms with Crippen LogP contribution in [0.25, 0.3) is 0 Å². The van der Waals surface area contributed by atoms with Crippen LogP contribution in [-0.4, -0.2) is 11.8 Å². The molecule has 0 fully saturated rings. The summed E-state index contributed by atoms with van der Waals surface area (Å²) in [4.78, 5) is 21.7. The van der Waals surface area contributed by atoms with E-state index in [4.69, 9.17) is 11.5 Å². The molecule has 1 aromatic rings. The third-order valence-corrected chi connectivity index (χ3v) is 1.88. The largest absolute Gasteiger partial charge is 0.416 e. The number of halogens is 3. The van der Waals surface area contributed by atoms with Crippen molar-refractivity contribution < 1.29 is 22.8 Å². The number of alkyl halides is 3. The zero-order chi connectivity index (χ0) is 12.5. The van der Waals surface area contributed by atoms with E-state index in [-0.39, 0.29) is 5.56 Å². The van der Waals surface area contributed by atoms with Gasteiger partial charge in [-0.05, 0) is 18.2 Å². The Balaban J connectivity index is 3.40. The number of hydrogen-bond donors (Lipinski definition) is 2. The highest BCUT2D eigenvalue weighted by Crippen LogP contribution is 2.30. The maximum Gasteiger partial charge on any atom is 0.416 e. The number of primary amides is 2. The predicted octanol–water partition coefficient (Wildman–Crippen LogP) is 0.903. The monoisotopic (exact) mass is 232 g/mol. The molecule has 2 amide bonds. The van der Waals surface area contributed by atoms with Crippen LogP contribution in [0.2, 0.25) is 0 Å². The summed E-state index contributed by atoms with van der Waals surface area (Å²) >= 11 is 0. The van der Waals surface area contributed by atoms with Crippen molar-refractivity contribution in [3.8, 4) is 0 Å². The van der Waals surface area contributed by atoms with Crippen molar-refractivity contribution in [2.24, 2.45) is 11.5 Å². The molecular formula is C9H7F3N2O2. The molecule has 4 nitrogen and oxygen atoms in total. The Bertz CT molecular complexity index is 455. The van der Waals surface area contributed by atoms with E-state index in [1.54, 1.807) is 0 Å². The van der Waals surface area contributed by atoms with E-state index in [0.717, 1.165) is 6.07 Å². The lowest BCUT2D eigenvalue weighted by Crippen LogP contribution is -2.21. The summed E-state index contributed by atoms with van der Waals surface area (Å²) in [6.45, 7) is 0. The SMILES string of the molecule is NC(=O)c1ccc(C(F)(F)F)cc1C(N)=O. The van der Waals surface area contributed by atoms with Crippen LogP contribution in [0.4, 0.5) is 13.2 Å². The van der Waals surface area contributed by atoms with Gasteiger partial charge in [0, 0.05) is 0 Å². The summed E-state index contributed by atoms with van der Waals surface area (Å²) in [5.41, 5.74) is 7.80. The average Bonchev–Trinajstić information content (AvgIpc) is 2.15. The number of hydrogen-bond acceptors (Lipinski definition) is 2. The zero-order valence-electron chi connectivity index (χ0n) is 7.84. The molecule has 0 atom stereocenters. The van der Waals surface area contributed by atoms with Gasteiger partial charge in [-0.15, -0.1) is 0 Å². The standard InChI is InChI=1S/C9H7F3N2O2/c10-9(11,12)4-1-2-5(7(13)15)6(3-4)8(14)16/h1-3H,(H2,13,15)(H2,14,16). The molecule has 0 aliphatic rings. The second-order valence-electron chi connectivity index (χ2n) is 2.99. The molecule has 1 rings (SSSR count). The first-order valence-corrected chi connectivity index (χ1v) is 4.04. The zero-order valence-corrected chi connectivity index (χ0v) is 7.84. The maximum atomic E-state index is 12.3. The van der Waals surface area contributed by atoms with Crippen LogP contribution < -0.4 is 11.5 Å². The Hall–Kier alpha value is -2.05. The molecular weight excluding hydrogens is 225 g/mol. The lowest BCUT2D eigenvalue weighted by molar-refractivity contribution is -0.137. The summed E-state index contributed by atoms with van der Waals surface area (Å²) in [6.07, 6.45) is -4.61. The summed E-state index contributed by atoms with van der Waals surface area (Å²) in [6, 6.07) is 1.99. The fourth-order valence-corrected chi connectivity index (χ4v) is 1.14. The highest BCUT2D eigenvalue weighted by Gasteiger charge is 2.31. The van der Waals surface area contributed by atoms with Crippen molar-refractivity contribution in [1.82, 2.24) is 0 Å². The molecule has 0 heterocycles. The lowest BCUT2D eigenvalue weighted by Gasteiger charge is -2.09. The molecule has 0 bridgehead atoms. The molecule has 0 radical (unpaired) electrons. The van der Waals surface area contributed by atoms with Crippen molar-refractivity contribution in [3.63, 3.8) is 0 Å². The first-order valence-electron chi connectivity index (χ1n) is 4.04. The number of benzene rings is 1. The van der Waals surface area contributed by atoms with Gasteiger partial charge in [0.05, 0.1) is 16.7 Å². The van der Waals surface area contributed by atoms with Crippen molar-refractivity contribution >= 4 is 11.8 Å². The minimum Gasteiger partial charge on any atom is -0.366 e. The van der Waals surface area contributed by atoms with Crippen LogP contribution in [0, 0.1) is 0 Å². The van der Waals surface area contributed by atoms with Crippen molar-refractivity contribution in [3.05, 3.63) is 34.9 Å². The Morgan fingerprint density at radius 1 is 1.00 bits per heavy atom. The molecule has 0 saturated heterocycles. The van der Waals surface area contributed by atoms with Gasteiger partial charge in [0.1, 0.15) is 0 Å². The van der Waals surface area contributed by atoms with Crippen LogP contribution in [0.5, 0.6) is 0 Å². The van der Waals surface area contributed by atoms with Crippen LogP contribution in [0.1, 0.15) is 26.3 Å². The smallest absolute Gasteiger partial charge is 0.366 e. The average molecular weight is 232 g/mol. The Morgan fingerprint density at radius 3 is 1.88 bits per heavy atom. The van der Waals surface area contributed by atoms with Crippen molar-refractivity contribution in [2.75, 3.05) is 0 Å². The van der Waals surface area contributed by atoms with E-state index >= 15 is 0 Å². The number of nitrogens with two attached hydrogens (primary N) is 2. The first kappa shape index (κ1) is 12.0. The van der Waals surface area contributed by atoms with E-state index in [2.05, 4.69) is 0 Å². The lowest BCUT2D eigenvalue weighted by atomic mass is 10.0. The van der Waals surface area contributed by atoms with Gasteiger partial charge in [0.15, 0.2) is 0 Å². The predicted molar refractivity (Wildman–Crippen MR) is 48.5 cm³/mol. The molecule has 7 heteroatoms. The quantitative estimate of drug-likeness (QED) is 0.793. The molecule has 4 N–H and O–H groups in total. The Kier molecular flexibility index (Phi) is 2.88. The van der Waals surface area contributed by atoms with Crippen molar-refractivity contribution in [1.29, 1.82) is 0 Å². The van der Waals surface area contributed by atoms with Crippen LogP contribution in [0.3, 0.4) is 0 Å². The molecule has 0 aliphatic heterocycles. The van der Waals surface area contributed by atoms with E-state index in [1.807, 2.05) is 0 Å². The van der Waals surface area contributed by atoms with Gasteiger partial charge < -0.3 is 11.5 Å². The van der Waals surface area contributed by atoms with Gasteiger partial charge in [0.25, 0.3) is 0 Å². The maximum absolute atomic E-state index is 12.3. The van der Waals surface area contributed by atoms with Crippen LogP contribution in [0.15, 0.2) is 18.2 Å². The fourth-order valence-electron chi connectivity index (χ4n) is 1.14. The number of carbonyl (C=O) groups excluding carboxylic acids is 2. The molecule has 1 aromatic carbocycles. The van der Waals surface area contributed by atoms with Gasteiger partial charge in [-0.1, -0.05) is 0 Å². The highest BCUT2D eigenvalue weighted by atomic mass is 19.4. The van der Waals surface area contributed by atoms with E-state index < -0.39 is 29.1 Å². The number of amides is 2. The van der Waals surface area contributed by atoms with Crippen molar-refractivity contribution in [2.45, 2.75) is 6.18 Å². The normalized spacial score (nSPS) is 11.2. The second-order valence-corrected chi connectivity index (χ2v) is 2.99. The van der Waals surface area contributed by atoms with Crippen LogP contribution in [-0.2, 0) is 6.18 Å². The molecule has 86 valence electrons. The third-order valence-electron chi connectivity index (χ3n) is 1.88. The summed E-state index contributed by atoms with van der Waals surface area (Å²) in [5.74, 6) is -2.15. The van der Waals surface area contributed by atoms with Crippen LogP contribution >= 0.6 is 0 Å². The minimum absolute atomic E-state index is 0.333. The minimum atomic E-state index is -4.61. The topological polar surface area (TPSA) is 86.2 Å². The molecule has 0 spiro atoms. The molecule has 0 saturated carbocycles. The Labute approximate surface area is 88.0 Å². The van der Waals surface area contributed by atoms with Gasteiger partial charge in [-0.3, -0.25) is 9.59 Å². The highest BCUT2D eigenvalue weighted by molar-refractivity contribution is 6.06. The number of carbonyl (C=O) groups is 2. The van der Waals surface area contributed by atoms with E-state index in [0.29, 0.717) is 12.1 Å². The third kappa shape index (κ3) is 2.30. The fraction of sp³-hybridized carbons (Fsp3) is 0.111. The molecule has 0 aliphatic carbocycles. The summed E-state index contributed by atoms with van der Waals surface area (Å²) < 4.78 is 36.9. The number of rotatable bonds is 2. The van der Waals surface area contributed by atoms with Gasteiger partial charge in [-0.2, -0.15) is 13.2 Å². The second kappa shape index (κ2) is 3.84. The molecule has 0 aromatic heterocycles. The Morgan fingerprint density at radius 2 is 1.50 bits per heavy atom. The molecule has 16 heavy (non-hydrogen) atoms. The van der Waals surface area contributed by atoms with Gasteiger partial charge in [0.2, 0.25) is 11.8 Å². The summed E-state index contributed by atoms with van der Waals surface area (Å²) in [5, 5.41) is 0. The van der Waals surface area contributed by atoms with E-state index in [9.17, 15) is 22.8 Å². The molecule has 0 unspecified atom stereocenters. The van der Waals surface area contributed by atoms with Gasteiger partial charge in [-0.25, -0.2) is 0 Å².